The Kier molecular flexibility index (Phi) is 20.8. The Balaban J connectivity index is 1.00. The molecule has 4 fully saturated rings. The van der Waals surface area contributed by atoms with E-state index in [-0.39, 0.29) is 24.1 Å². The number of rotatable bonds is 25. The van der Waals surface area contributed by atoms with Gasteiger partial charge >= 0.3 is 5.97 Å². The molecule has 0 radical (unpaired) electrons. The van der Waals surface area contributed by atoms with E-state index in [2.05, 4.69) is 91.0 Å². The largest absolute Gasteiger partial charge is 0.463 e. The summed E-state index contributed by atoms with van der Waals surface area (Å²) in [6, 6.07) is 0. The van der Waals surface area contributed by atoms with Gasteiger partial charge in [-0.05, 0) is 149 Å². The van der Waals surface area contributed by atoms with Crippen LogP contribution in [0.25, 0.3) is 0 Å². The van der Waals surface area contributed by atoms with E-state index in [1.807, 2.05) is 0 Å². The number of hydrogen-bond acceptors (Lipinski definition) is 7. The molecule has 1 heterocycles. The lowest BCUT2D eigenvalue weighted by molar-refractivity contribution is -0.313. The van der Waals surface area contributed by atoms with Crippen molar-refractivity contribution in [3.8, 4) is 0 Å². The molecule has 0 aromatic rings. The molecule has 1 saturated heterocycles. The quantitative estimate of drug-likeness (QED) is 0.0477. The van der Waals surface area contributed by atoms with Crippen molar-refractivity contribution >= 4 is 5.97 Å². The fraction of sp³-hybridized carbons (Fsp3) is 0.836. The summed E-state index contributed by atoms with van der Waals surface area (Å²) in [6.45, 7) is 16.7. The highest BCUT2D eigenvalue weighted by molar-refractivity contribution is 5.69. The van der Waals surface area contributed by atoms with Gasteiger partial charge in [0.15, 0.2) is 6.29 Å². The Hall–Kier alpha value is -1.77. The lowest BCUT2D eigenvalue weighted by Crippen LogP contribution is -2.60. The fourth-order valence-electron chi connectivity index (χ4n) is 13.0. The molecule has 7 heteroatoms. The number of aliphatic hydroxyl groups is 3. The average molecular weight is 865 g/mol. The topological polar surface area (TPSA) is 105 Å². The molecular formula is C55H92O7. The minimum absolute atomic E-state index is 0.152. The highest BCUT2D eigenvalue weighted by atomic mass is 16.7. The van der Waals surface area contributed by atoms with Crippen molar-refractivity contribution in [2.45, 2.75) is 233 Å². The molecule has 62 heavy (non-hydrogen) atoms. The van der Waals surface area contributed by atoms with Crippen LogP contribution in [0.3, 0.4) is 0 Å². The lowest BCUT2D eigenvalue weighted by Gasteiger charge is -2.58. The normalized spacial score (nSPS) is 35.9. The van der Waals surface area contributed by atoms with Gasteiger partial charge in [-0.15, -0.1) is 0 Å². The summed E-state index contributed by atoms with van der Waals surface area (Å²) in [5.41, 5.74) is 2.04. The van der Waals surface area contributed by atoms with E-state index in [0.717, 1.165) is 75.5 Å². The monoisotopic (exact) mass is 865 g/mol. The number of esters is 1. The molecule has 14 unspecified atom stereocenters. The van der Waals surface area contributed by atoms with Gasteiger partial charge in [-0.2, -0.15) is 0 Å². The Morgan fingerprint density at radius 2 is 1.50 bits per heavy atom. The molecule has 4 aliphatic carbocycles. The molecule has 0 aromatic carbocycles. The first-order valence-corrected chi connectivity index (χ1v) is 26.0. The molecule has 14 atom stereocenters. The average Bonchev–Trinajstić information content (AvgIpc) is 3.62. The first-order chi connectivity index (χ1) is 29.8. The smallest absolute Gasteiger partial charge is 0.305 e. The van der Waals surface area contributed by atoms with Crippen molar-refractivity contribution in [2.24, 2.45) is 52.3 Å². The van der Waals surface area contributed by atoms with Gasteiger partial charge in [-0.3, -0.25) is 4.79 Å². The van der Waals surface area contributed by atoms with Crippen LogP contribution in [0.5, 0.6) is 0 Å². The first kappa shape index (κ1) is 51.2. The van der Waals surface area contributed by atoms with E-state index in [1.54, 1.807) is 0 Å². The maximum absolute atomic E-state index is 12.6. The summed E-state index contributed by atoms with van der Waals surface area (Å²) in [5, 5.41) is 32.6. The first-order valence-electron chi connectivity index (χ1n) is 26.0. The van der Waals surface area contributed by atoms with Crippen LogP contribution in [0.1, 0.15) is 196 Å². The highest BCUT2D eigenvalue weighted by Gasteiger charge is 2.59. The van der Waals surface area contributed by atoms with Gasteiger partial charge in [0, 0.05) is 6.42 Å². The third kappa shape index (κ3) is 13.4. The van der Waals surface area contributed by atoms with Gasteiger partial charge in [0.25, 0.3) is 0 Å². The molecule has 3 N–H and O–H groups in total. The van der Waals surface area contributed by atoms with Gasteiger partial charge < -0.3 is 29.5 Å². The molecular weight excluding hydrogens is 773 g/mol. The van der Waals surface area contributed by atoms with Gasteiger partial charge in [-0.1, -0.05) is 142 Å². The van der Waals surface area contributed by atoms with Crippen LogP contribution in [-0.2, 0) is 19.0 Å². The molecule has 0 amide bonds. The molecule has 7 nitrogen and oxygen atoms in total. The minimum Gasteiger partial charge on any atom is -0.463 e. The lowest BCUT2D eigenvalue weighted by atomic mass is 9.47. The predicted molar refractivity (Wildman–Crippen MR) is 253 cm³/mol. The molecule has 0 spiro atoms. The number of ether oxygens (including phenoxy) is 3. The number of allylic oxidation sites excluding steroid dienone is 7. The summed E-state index contributed by atoms with van der Waals surface area (Å²) in [5.74, 6) is 4.59. The van der Waals surface area contributed by atoms with E-state index < -0.39 is 30.7 Å². The summed E-state index contributed by atoms with van der Waals surface area (Å²) in [4.78, 5) is 12.6. The van der Waals surface area contributed by atoms with Gasteiger partial charge in [0.1, 0.15) is 31.0 Å². The van der Waals surface area contributed by atoms with E-state index in [4.69, 9.17) is 14.2 Å². The maximum atomic E-state index is 12.6. The molecule has 0 aromatic heterocycles. The number of hydrogen-bond donors (Lipinski definition) is 3. The standard InChI is InChI=1S/C55H92O7/c1-8-10-11-12-13-14-15-16-17-18-19-20-21-22-23-24-25-26-49(56)60-38-48-50(57)51(58)52(59)53(62-48)61-43-33-35-54(6)42(37-43)29-30-44-46-32-31-45(55(46,7)36-34-47(44)54)40(5)27-28-41(9-2)39(3)4/h13-14,16-17,27-29,39-41,43-48,50-53,57-59H,8-12,15,18-26,30-38H2,1-7H3/b14-13-,17-16-,28-27+. The van der Waals surface area contributed by atoms with Gasteiger partial charge in [0.2, 0.25) is 0 Å². The Morgan fingerprint density at radius 3 is 2.19 bits per heavy atom. The van der Waals surface area contributed by atoms with Crippen molar-refractivity contribution < 1.29 is 34.3 Å². The second-order valence-electron chi connectivity index (χ2n) is 21.4. The third-order valence-corrected chi connectivity index (χ3v) is 17.0. The number of aliphatic hydroxyl groups excluding tert-OH is 3. The van der Waals surface area contributed by atoms with E-state index in [1.165, 1.54) is 89.0 Å². The zero-order chi connectivity index (χ0) is 44.7. The van der Waals surface area contributed by atoms with E-state index >= 15 is 0 Å². The molecule has 1 aliphatic heterocycles. The van der Waals surface area contributed by atoms with Crippen LogP contribution < -0.4 is 0 Å². The summed E-state index contributed by atoms with van der Waals surface area (Å²) in [6.07, 6.45) is 36.1. The second kappa shape index (κ2) is 25.2. The number of carbonyl (C=O) groups excluding carboxylic acids is 1. The summed E-state index contributed by atoms with van der Waals surface area (Å²) < 4.78 is 18.0. The number of fused-ring (bicyclic) bond motifs is 5. The fourth-order valence-corrected chi connectivity index (χ4v) is 13.0. The van der Waals surface area contributed by atoms with Crippen LogP contribution in [0.4, 0.5) is 0 Å². The van der Waals surface area contributed by atoms with Crippen molar-refractivity contribution in [1.82, 2.24) is 0 Å². The molecule has 5 aliphatic rings. The van der Waals surface area contributed by atoms with Crippen molar-refractivity contribution in [3.63, 3.8) is 0 Å². The van der Waals surface area contributed by atoms with Gasteiger partial charge in [-0.25, -0.2) is 0 Å². The number of unbranched alkanes of at least 4 members (excludes halogenated alkanes) is 10. The van der Waals surface area contributed by atoms with Crippen LogP contribution >= 0.6 is 0 Å². The summed E-state index contributed by atoms with van der Waals surface area (Å²) >= 11 is 0. The van der Waals surface area contributed by atoms with Crippen LogP contribution in [0.15, 0.2) is 48.1 Å². The van der Waals surface area contributed by atoms with Crippen molar-refractivity contribution in [3.05, 3.63) is 48.1 Å². The van der Waals surface area contributed by atoms with Crippen LogP contribution in [0.2, 0.25) is 0 Å². The molecule has 0 bridgehead atoms. The summed E-state index contributed by atoms with van der Waals surface area (Å²) in [7, 11) is 0. The van der Waals surface area contributed by atoms with Crippen molar-refractivity contribution in [1.29, 1.82) is 0 Å². The minimum atomic E-state index is -1.45. The maximum Gasteiger partial charge on any atom is 0.305 e. The van der Waals surface area contributed by atoms with Crippen LogP contribution in [-0.4, -0.2) is 64.7 Å². The van der Waals surface area contributed by atoms with Gasteiger partial charge in [0.05, 0.1) is 6.10 Å². The Labute approximate surface area is 379 Å². The highest BCUT2D eigenvalue weighted by Crippen LogP contribution is 2.67. The zero-order valence-corrected chi connectivity index (χ0v) is 40.5. The Morgan fingerprint density at radius 1 is 0.806 bits per heavy atom. The van der Waals surface area contributed by atoms with Crippen LogP contribution in [0, 0.1) is 52.3 Å². The zero-order valence-electron chi connectivity index (χ0n) is 40.5. The SMILES string of the molecule is CCCCC/C=C\C/C=C\CCCCCCCCCC(=O)OCC1OC(OC2CCC3(C)C(=CCC4C3CCC3(C)C(C(C)/C=C/C(CC)C(C)C)CCC43)C2)C(O)C(O)C1O. The van der Waals surface area contributed by atoms with Crippen molar-refractivity contribution in [2.75, 3.05) is 6.61 Å². The Bertz CT molecular complexity index is 1450. The van der Waals surface area contributed by atoms with E-state index in [9.17, 15) is 20.1 Å². The predicted octanol–water partition coefficient (Wildman–Crippen LogP) is 12.8. The molecule has 354 valence electrons. The number of carbonyl (C=O) groups is 1. The second-order valence-corrected chi connectivity index (χ2v) is 21.4. The van der Waals surface area contributed by atoms with E-state index in [0.29, 0.717) is 35.5 Å². The third-order valence-electron chi connectivity index (χ3n) is 17.0. The molecule has 3 saturated carbocycles. The molecule has 5 rings (SSSR count).